The number of fused-ring (bicyclic) bond motifs is 1. The second-order valence-corrected chi connectivity index (χ2v) is 7.03. The van der Waals surface area contributed by atoms with E-state index in [2.05, 4.69) is 15.0 Å². The van der Waals surface area contributed by atoms with Crippen LogP contribution in [-0.4, -0.2) is 59.4 Å². The van der Waals surface area contributed by atoms with Crippen molar-refractivity contribution in [2.45, 2.75) is 12.5 Å². The van der Waals surface area contributed by atoms with Crippen LogP contribution in [0.25, 0.3) is 11.2 Å². The van der Waals surface area contributed by atoms with Gasteiger partial charge in [0.15, 0.2) is 11.2 Å². The first-order chi connectivity index (χ1) is 10.7. The molecule has 0 aliphatic carbocycles. The molecule has 2 aromatic heterocycles. The Bertz CT molecular complexity index is 869. The predicted octanol–water partition coefficient (Wildman–Crippen LogP) is -1.35. The summed E-state index contributed by atoms with van der Waals surface area (Å²) in [5, 5.41) is 0. The van der Waals surface area contributed by atoms with Crippen molar-refractivity contribution in [3.8, 4) is 0 Å². The molecule has 0 spiro atoms. The van der Waals surface area contributed by atoms with Crippen molar-refractivity contribution in [1.82, 2.24) is 24.4 Å². The maximum Gasteiger partial charge on any atom is 0.334 e. The Morgan fingerprint density at radius 3 is 2.96 bits per heavy atom. The maximum atomic E-state index is 11.9. The Kier molecular flexibility index (Phi) is 3.71. The number of anilines is 1. The van der Waals surface area contributed by atoms with Crippen LogP contribution < -0.4 is 11.3 Å². The molecule has 3 heterocycles. The number of carbonyl (C=O) groups is 1. The lowest BCUT2D eigenvalue weighted by Crippen LogP contribution is -2.31. The maximum absolute atomic E-state index is 11.9. The molecule has 12 heteroatoms. The highest BCUT2D eigenvalue weighted by Crippen LogP contribution is 2.35. The summed E-state index contributed by atoms with van der Waals surface area (Å²) in [5.41, 5.74) is 5.56. The lowest BCUT2D eigenvalue weighted by Gasteiger charge is -2.17. The lowest BCUT2D eigenvalue weighted by molar-refractivity contribution is -0.127. The van der Waals surface area contributed by atoms with Gasteiger partial charge in [-0.3, -0.25) is 19.1 Å². The first-order valence-corrected chi connectivity index (χ1v) is 8.59. The Morgan fingerprint density at radius 1 is 1.52 bits per heavy atom. The molecule has 1 atom stereocenters. The largest absolute Gasteiger partial charge is 0.369 e. The van der Waals surface area contributed by atoms with Crippen LogP contribution in [0, 0.1) is 0 Å². The molecule has 124 valence electrons. The molecule has 0 aromatic carbocycles. The van der Waals surface area contributed by atoms with Gasteiger partial charge in [0.2, 0.25) is 11.9 Å². The number of amides is 1. The summed E-state index contributed by atoms with van der Waals surface area (Å²) in [6, 6.07) is -0.186. The molecule has 1 aliphatic rings. The van der Waals surface area contributed by atoms with E-state index < -0.39 is 25.2 Å². The number of imidazole rings is 1. The fraction of sp³-hybridized carbons (Fsp3) is 0.455. The second kappa shape index (κ2) is 5.44. The molecule has 0 radical (unpaired) electrons. The molecular weight excluding hydrogens is 327 g/mol. The number of aromatic nitrogens is 4. The number of nitrogens with one attached hydrogen (secondary N) is 1. The van der Waals surface area contributed by atoms with E-state index in [0.29, 0.717) is 18.6 Å². The van der Waals surface area contributed by atoms with E-state index in [1.165, 1.54) is 11.2 Å². The van der Waals surface area contributed by atoms with E-state index in [4.69, 9.17) is 15.5 Å². The molecule has 0 unspecified atom stereocenters. The minimum atomic E-state index is -4.39. The number of carbonyl (C=O) groups excluding carboxylic acids is 1. The van der Waals surface area contributed by atoms with Gasteiger partial charge in [0.05, 0.1) is 12.4 Å². The highest BCUT2D eigenvalue weighted by atomic mass is 31.2. The van der Waals surface area contributed by atoms with Gasteiger partial charge in [-0.15, -0.1) is 0 Å². The number of rotatable bonds is 3. The fourth-order valence-corrected chi connectivity index (χ4v) is 3.23. The third-order valence-corrected chi connectivity index (χ3v) is 4.38. The molecule has 2 aromatic rings. The van der Waals surface area contributed by atoms with Gasteiger partial charge in [-0.1, -0.05) is 0 Å². The van der Waals surface area contributed by atoms with Crippen LogP contribution in [0.1, 0.15) is 12.5 Å². The highest BCUT2D eigenvalue weighted by Gasteiger charge is 2.31. The topological polar surface area (TPSA) is 167 Å². The van der Waals surface area contributed by atoms with Crippen LogP contribution in [-0.2, 0) is 9.36 Å². The molecule has 0 bridgehead atoms. The summed E-state index contributed by atoms with van der Waals surface area (Å²) < 4.78 is 12.6. The zero-order chi connectivity index (χ0) is 16.8. The number of likely N-dealkylation sites (tertiary alicyclic amines) is 1. The van der Waals surface area contributed by atoms with Crippen LogP contribution in [0.5, 0.6) is 0 Å². The zero-order valence-electron chi connectivity index (χ0n) is 11.9. The summed E-state index contributed by atoms with van der Waals surface area (Å²) in [4.78, 5) is 53.2. The van der Waals surface area contributed by atoms with Crippen molar-refractivity contribution >= 4 is 30.6 Å². The molecule has 1 aliphatic heterocycles. The molecule has 1 fully saturated rings. The number of hydrogen-bond donors (Lipinski definition) is 4. The average Bonchev–Trinajstić information content (AvgIpc) is 3.01. The normalized spacial score (nSPS) is 18.7. The van der Waals surface area contributed by atoms with Crippen LogP contribution >= 0.6 is 7.60 Å². The van der Waals surface area contributed by atoms with Crippen molar-refractivity contribution in [3.63, 3.8) is 0 Å². The van der Waals surface area contributed by atoms with Crippen molar-refractivity contribution in [3.05, 3.63) is 16.7 Å². The van der Waals surface area contributed by atoms with E-state index in [9.17, 15) is 14.2 Å². The van der Waals surface area contributed by atoms with Crippen molar-refractivity contribution in [2.24, 2.45) is 0 Å². The number of H-pyrrole nitrogens is 1. The van der Waals surface area contributed by atoms with Gasteiger partial charge in [0.1, 0.15) is 6.16 Å². The molecular formula is C11H15N6O5P. The first kappa shape index (κ1) is 15.7. The molecule has 5 N–H and O–H groups in total. The zero-order valence-corrected chi connectivity index (χ0v) is 12.8. The minimum Gasteiger partial charge on any atom is -0.369 e. The molecule has 3 rings (SSSR count). The van der Waals surface area contributed by atoms with Gasteiger partial charge in [0.25, 0.3) is 5.56 Å². The molecule has 11 nitrogen and oxygen atoms in total. The first-order valence-electron chi connectivity index (χ1n) is 6.79. The second-order valence-electron chi connectivity index (χ2n) is 5.38. The lowest BCUT2D eigenvalue weighted by atomic mass is 10.2. The number of nitrogens with zero attached hydrogens (tertiary/aromatic N) is 4. The predicted molar refractivity (Wildman–Crippen MR) is 79.7 cm³/mol. The summed E-state index contributed by atoms with van der Waals surface area (Å²) in [6.45, 7) is 0.626. The quantitative estimate of drug-likeness (QED) is 0.497. The van der Waals surface area contributed by atoms with Crippen molar-refractivity contribution < 1.29 is 19.1 Å². The molecule has 23 heavy (non-hydrogen) atoms. The van der Waals surface area contributed by atoms with Crippen molar-refractivity contribution in [2.75, 3.05) is 25.0 Å². The number of nitrogen functional groups attached to an aromatic ring is 1. The summed E-state index contributed by atoms with van der Waals surface area (Å²) in [6.07, 6.45) is 1.20. The summed E-state index contributed by atoms with van der Waals surface area (Å²) in [5.74, 6) is -0.632. The highest BCUT2D eigenvalue weighted by molar-refractivity contribution is 7.52. The number of nitrogens with two attached hydrogens (primary N) is 1. The number of hydrogen-bond acceptors (Lipinski definition) is 6. The van der Waals surface area contributed by atoms with Crippen LogP contribution in [0.15, 0.2) is 11.1 Å². The van der Waals surface area contributed by atoms with Gasteiger partial charge < -0.3 is 25.0 Å². The van der Waals surface area contributed by atoms with E-state index >= 15 is 0 Å². The van der Waals surface area contributed by atoms with Crippen LogP contribution in [0.2, 0.25) is 0 Å². The Hall–Kier alpha value is -2.23. The molecule has 1 saturated heterocycles. The third kappa shape index (κ3) is 3.11. The van der Waals surface area contributed by atoms with Gasteiger partial charge in [0, 0.05) is 13.1 Å². The fourth-order valence-electron chi connectivity index (χ4n) is 2.68. The van der Waals surface area contributed by atoms with E-state index in [1.807, 2.05) is 0 Å². The van der Waals surface area contributed by atoms with Crippen LogP contribution in [0.4, 0.5) is 5.95 Å². The molecule has 0 saturated carbocycles. The van der Waals surface area contributed by atoms with Crippen LogP contribution in [0.3, 0.4) is 0 Å². The number of aromatic amines is 1. The monoisotopic (exact) mass is 342 g/mol. The smallest absolute Gasteiger partial charge is 0.334 e. The van der Waals surface area contributed by atoms with Gasteiger partial charge in [-0.25, -0.2) is 4.98 Å². The van der Waals surface area contributed by atoms with Crippen molar-refractivity contribution in [1.29, 1.82) is 0 Å². The van der Waals surface area contributed by atoms with Gasteiger partial charge >= 0.3 is 7.60 Å². The molecule has 1 amide bonds. The summed E-state index contributed by atoms with van der Waals surface area (Å²) >= 11 is 0. The Morgan fingerprint density at radius 2 is 2.26 bits per heavy atom. The standard InChI is InChI=1S/C11H15N6O5P/c12-11-14-9-8(10(19)15-11)13-5-17(9)6-1-2-16(3-6)7(18)4-23(20,21)22/h5-6H,1-4H2,(H2,20,21,22)(H3,12,14,15,19)/t6-/m1/s1. The Balaban J connectivity index is 1.84. The van der Waals surface area contributed by atoms with E-state index in [-0.39, 0.29) is 24.1 Å². The summed E-state index contributed by atoms with van der Waals surface area (Å²) in [7, 11) is -4.39. The third-order valence-electron chi connectivity index (χ3n) is 3.70. The Labute approximate surface area is 129 Å². The van der Waals surface area contributed by atoms with Gasteiger partial charge in [-0.2, -0.15) is 4.98 Å². The average molecular weight is 342 g/mol. The minimum absolute atomic E-state index is 0.0309. The van der Waals surface area contributed by atoms with E-state index in [0.717, 1.165) is 0 Å². The SMILES string of the molecule is Nc1nc2c(ncn2[C@@H]2CCN(C(=O)CP(=O)(O)O)C2)c(=O)[nH]1. The van der Waals surface area contributed by atoms with E-state index in [1.54, 1.807) is 4.57 Å². The van der Waals surface area contributed by atoms with Gasteiger partial charge in [-0.05, 0) is 6.42 Å².